The molecule has 0 saturated carbocycles. The highest BCUT2D eigenvalue weighted by molar-refractivity contribution is 7.15. The number of hydrogen-bond acceptors (Lipinski definition) is 7. The normalized spacial score (nSPS) is 12.4. The zero-order valence-corrected chi connectivity index (χ0v) is 20.6. The second kappa shape index (κ2) is 9.87. The maximum atomic E-state index is 12.9. The van der Waals surface area contributed by atoms with E-state index in [2.05, 4.69) is 5.32 Å². The van der Waals surface area contributed by atoms with Crippen LogP contribution in [0.1, 0.15) is 22.3 Å². The van der Waals surface area contributed by atoms with Gasteiger partial charge in [-0.3, -0.25) is 9.59 Å². The molecule has 0 fully saturated rings. The lowest BCUT2D eigenvalue weighted by atomic mass is 10.0. The van der Waals surface area contributed by atoms with Gasteiger partial charge in [0.15, 0.2) is 11.5 Å². The Kier molecular flexibility index (Phi) is 6.47. The molecular formula is C27H24N2O6S. The van der Waals surface area contributed by atoms with E-state index >= 15 is 0 Å². The molecule has 1 N–H and O–H groups in total. The molecule has 0 bridgehead atoms. The Morgan fingerprint density at radius 3 is 2.67 bits per heavy atom. The maximum Gasteiger partial charge on any atom is 0.341 e. The Balaban J connectivity index is 1.39. The summed E-state index contributed by atoms with van der Waals surface area (Å²) < 4.78 is 17.9. The number of nitrogens with one attached hydrogen (secondary N) is 1. The fourth-order valence-electron chi connectivity index (χ4n) is 4.31. The Morgan fingerprint density at radius 1 is 1.08 bits per heavy atom. The van der Waals surface area contributed by atoms with Gasteiger partial charge in [0.1, 0.15) is 23.8 Å². The molecule has 2 aromatic heterocycles. The second-order valence-corrected chi connectivity index (χ2v) is 9.22. The number of pyridine rings is 1. The number of anilines is 1. The molecule has 0 radical (unpaired) electrons. The van der Waals surface area contributed by atoms with Crippen LogP contribution in [0.4, 0.5) is 5.00 Å². The number of fused-ring (bicyclic) bond motifs is 2. The maximum absolute atomic E-state index is 12.9. The predicted molar refractivity (Wildman–Crippen MR) is 138 cm³/mol. The first kappa shape index (κ1) is 23.6. The van der Waals surface area contributed by atoms with E-state index in [0.717, 1.165) is 22.0 Å². The van der Waals surface area contributed by atoms with Gasteiger partial charge in [0.05, 0.1) is 12.6 Å². The fourth-order valence-corrected chi connectivity index (χ4v) is 5.29. The van der Waals surface area contributed by atoms with Crippen LogP contribution < -0.4 is 20.3 Å². The number of carbonyl (C=O) groups is 2. The zero-order chi connectivity index (χ0) is 25.2. The monoisotopic (exact) mass is 504 g/mol. The molecule has 8 nitrogen and oxygen atoms in total. The van der Waals surface area contributed by atoms with E-state index in [-0.39, 0.29) is 30.0 Å². The van der Waals surface area contributed by atoms with Crippen LogP contribution >= 0.6 is 11.3 Å². The summed E-state index contributed by atoms with van der Waals surface area (Å²) in [5, 5.41) is 5.98. The third-order valence-electron chi connectivity index (χ3n) is 6.07. The van der Waals surface area contributed by atoms with Crippen molar-refractivity contribution in [3.8, 4) is 22.6 Å². The molecule has 0 unspecified atom stereocenters. The number of amides is 1. The first-order valence-electron chi connectivity index (χ1n) is 11.4. The number of nitrogens with zero attached hydrogens (tertiary/aromatic N) is 1. The molecule has 9 heteroatoms. The fraction of sp³-hybridized carbons (Fsp3) is 0.222. The highest BCUT2D eigenvalue weighted by Gasteiger charge is 2.24. The van der Waals surface area contributed by atoms with Crippen LogP contribution in [-0.4, -0.2) is 36.8 Å². The average molecular weight is 505 g/mol. The van der Waals surface area contributed by atoms with Crippen molar-refractivity contribution in [1.29, 1.82) is 0 Å². The van der Waals surface area contributed by atoms with Crippen molar-refractivity contribution >= 4 is 39.1 Å². The molecular weight excluding hydrogens is 480 g/mol. The second-order valence-electron chi connectivity index (χ2n) is 8.34. The number of ether oxygens (including phenoxy) is 3. The Bertz CT molecular complexity index is 1540. The quantitative estimate of drug-likeness (QED) is 0.385. The van der Waals surface area contributed by atoms with Gasteiger partial charge in [0.2, 0.25) is 5.91 Å². The third-order valence-corrected chi connectivity index (χ3v) is 6.97. The molecule has 2 aromatic carbocycles. The van der Waals surface area contributed by atoms with Crippen molar-refractivity contribution < 1.29 is 23.8 Å². The third kappa shape index (κ3) is 4.45. The highest BCUT2D eigenvalue weighted by Crippen LogP contribution is 2.40. The van der Waals surface area contributed by atoms with Crippen molar-refractivity contribution in [2.75, 3.05) is 25.6 Å². The van der Waals surface area contributed by atoms with Crippen molar-refractivity contribution in [2.24, 2.45) is 0 Å². The molecule has 184 valence electrons. The first-order chi connectivity index (χ1) is 17.5. The minimum Gasteiger partial charge on any atom is -0.486 e. The number of aryl methyl sites for hydroxylation is 2. The number of benzene rings is 2. The highest BCUT2D eigenvalue weighted by atomic mass is 32.1. The molecule has 4 aromatic rings. The Morgan fingerprint density at radius 2 is 1.86 bits per heavy atom. The van der Waals surface area contributed by atoms with Crippen molar-refractivity contribution in [3.63, 3.8) is 0 Å². The Hall–Kier alpha value is -4.11. The van der Waals surface area contributed by atoms with E-state index in [1.807, 2.05) is 43.3 Å². The van der Waals surface area contributed by atoms with Crippen molar-refractivity contribution in [2.45, 2.75) is 19.9 Å². The van der Waals surface area contributed by atoms with Crippen LogP contribution in [0.3, 0.4) is 0 Å². The van der Waals surface area contributed by atoms with E-state index in [0.29, 0.717) is 35.3 Å². The lowest BCUT2D eigenvalue weighted by molar-refractivity contribution is -0.116. The summed E-state index contributed by atoms with van der Waals surface area (Å²) in [7, 11) is 1.30. The number of esters is 1. The summed E-state index contributed by atoms with van der Waals surface area (Å²) in [5.41, 5.74) is 3.15. The number of methoxy groups -OCH3 is 1. The van der Waals surface area contributed by atoms with E-state index in [1.165, 1.54) is 18.4 Å². The van der Waals surface area contributed by atoms with Crippen LogP contribution in [0, 0.1) is 6.92 Å². The molecule has 1 aliphatic rings. The number of thiophene rings is 1. The molecule has 0 aliphatic carbocycles. The summed E-state index contributed by atoms with van der Waals surface area (Å²) in [6.45, 7) is 3.04. The van der Waals surface area contributed by atoms with Crippen molar-refractivity contribution in [1.82, 2.24) is 4.57 Å². The lowest BCUT2D eigenvalue weighted by Gasteiger charge is -2.19. The molecule has 0 saturated heterocycles. The predicted octanol–water partition coefficient (Wildman–Crippen LogP) is 4.63. The lowest BCUT2D eigenvalue weighted by Crippen LogP contribution is -2.23. The number of carbonyl (C=O) groups excluding carboxylic acids is 2. The average Bonchev–Trinajstić information content (AvgIpc) is 3.31. The number of aromatic nitrogens is 1. The van der Waals surface area contributed by atoms with Gasteiger partial charge < -0.3 is 24.1 Å². The molecule has 0 atom stereocenters. The van der Waals surface area contributed by atoms with E-state index in [9.17, 15) is 14.4 Å². The summed E-state index contributed by atoms with van der Waals surface area (Å²) >= 11 is 1.24. The number of hydrogen-bond donors (Lipinski definition) is 1. The topological polar surface area (TPSA) is 95.9 Å². The van der Waals surface area contributed by atoms with E-state index in [1.54, 1.807) is 22.1 Å². The minimum atomic E-state index is -0.558. The zero-order valence-electron chi connectivity index (χ0n) is 19.8. The molecule has 5 rings (SSSR count). The first-order valence-corrected chi connectivity index (χ1v) is 12.3. The minimum absolute atomic E-state index is 0.0603. The van der Waals surface area contributed by atoms with Gasteiger partial charge in [-0.05, 0) is 36.2 Å². The summed E-state index contributed by atoms with van der Waals surface area (Å²) in [5.74, 6) is 0.374. The summed E-state index contributed by atoms with van der Waals surface area (Å²) in [6, 6.07) is 14.6. The van der Waals surface area contributed by atoms with Gasteiger partial charge >= 0.3 is 5.97 Å². The van der Waals surface area contributed by atoms with Gasteiger partial charge in [-0.25, -0.2) is 4.79 Å². The van der Waals surface area contributed by atoms with Gasteiger partial charge in [-0.15, -0.1) is 11.3 Å². The summed E-state index contributed by atoms with van der Waals surface area (Å²) in [4.78, 5) is 38.2. The largest absolute Gasteiger partial charge is 0.486 e. The van der Waals surface area contributed by atoms with E-state index < -0.39 is 5.97 Å². The van der Waals surface area contributed by atoms with Gasteiger partial charge in [0.25, 0.3) is 5.56 Å². The van der Waals surface area contributed by atoms with Crippen LogP contribution in [0.5, 0.6) is 11.5 Å². The van der Waals surface area contributed by atoms with Gasteiger partial charge in [-0.2, -0.15) is 0 Å². The van der Waals surface area contributed by atoms with Crippen LogP contribution in [-0.2, 0) is 16.1 Å². The molecule has 1 amide bonds. The number of rotatable bonds is 6. The van der Waals surface area contributed by atoms with E-state index in [4.69, 9.17) is 14.2 Å². The molecule has 0 spiro atoms. The van der Waals surface area contributed by atoms with Crippen molar-refractivity contribution in [3.05, 3.63) is 75.4 Å². The smallest absolute Gasteiger partial charge is 0.341 e. The summed E-state index contributed by atoms with van der Waals surface area (Å²) in [6.07, 6.45) is 0.0603. The van der Waals surface area contributed by atoms with Crippen LogP contribution in [0.25, 0.3) is 22.0 Å². The van der Waals surface area contributed by atoms with Crippen LogP contribution in [0.15, 0.2) is 58.7 Å². The SMILES string of the molecule is COC(=O)c1c(-c2ccc3c(c2)OCCO3)csc1NC(=O)CCn1c(=O)cc(C)c2ccccc21. The molecule has 3 heterocycles. The van der Waals surface area contributed by atoms with Gasteiger partial charge in [-0.1, -0.05) is 24.3 Å². The molecule has 36 heavy (non-hydrogen) atoms. The van der Waals surface area contributed by atoms with Crippen LogP contribution in [0.2, 0.25) is 0 Å². The molecule has 1 aliphatic heterocycles. The Labute approximate surface area is 211 Å². The number of para-hydroxylation sites is 1. The van der Waals surface area contributed by atoms with Gasteiger partial charge in [0, 0.05) is 35.4 Å². The standard InChI is InChI=1S/C27H24N2O6S/c1-16-13-24(31)29(20-6-4-3-5-18(16)20)10-9-23(30)28-26-25(27(32)33-2)19(15-36-26)17-7-8-21-22(14-17)35-12-11-34-21/h3-8,13-15H,9-12H2,1-2H3,(H,28,30).